The van der Waals surface area contributed by atoms with Crippen molar-refractivity contribution in [3.63, 3.8) is 0 Å². The van der Waals surface area contributed by atoms with E-state index >= 15 is 0 Å². The fourth-order valence-electron chi connectivity index (χ4n) is 2.20. The molecule has 0 heterocycles. The lowest BCUT2D eigenvalue weighted by Crippen LogP contribution is -2.12. The van der Waals surface area contributed by atoms with E-state index in [2.05, 4.69) is 5.32 Å². The van der Waals surface area contributed by atoms with Crippen LogP contribution in [0, 0.1) is 10.1 Å². The molecule has 1 N–H and O–H groups in total. The second kappa shape index (κ2) is 7.63. The van der Waals surface area contributed by atoms with Crippen LogP contribution in [0.1, 0.15) is 10.4 Å². The van der Waals surface area contributed by atoms with Crippen molar-refractivity contribution in [3.8, 4) is 0 Å². The van der Waals surface area contributed by atoms with Crippen molar-refractivity contribution in [2.24, 2.45) is 0 Å². The van der Waals surface area contributed by atoms with Crippen molar-refractivity contribution >= 4 is 29.0 Å². The third kappa shape index (κ3) is 4.24. The van der Waals surface area contributed by atoms with E-state index in [9.17, 15) is 14.9 Å². The second-order valence-electron chi connectivity index (χ2n) is 5.17. The van der Waals surface area contributed by atoms with Gasteiger partial charge in [-0.05, 0) is 36.4 Å². The van der Waals surface area contributed by atoms with E-state index in [4.69, 9.17) is 0 Å². The molecule has 0 radical (unpaired) electrons. The van der Waals surface area contributed by atoms with Crippen LogP contribution in [0.2, 0.25) is 0 Å². The molecule has 3 rings (SSSR count). The van der Waals surface area contributed by atoms with Gasteiger partial charge in [0.1, 0.15) is 0 Å². The van der Waals surface area contributed by atoms with Gasteiger partial charge in [0, 0.05) is 27.5 Å². The van der Waals surface area contributed by atoms with E-state index in [1.807, 2.05) is 54.6 Å². The molecule has 0 saturated heterocycles. The van der Waals surface area contributed by atoms with E-state index < -0.39 is 4.92 Å². The van der Waals surface area contributed by atoms with Crippen LogP contribution < -0.4 is 5.32 Å². The average Bonchev–Trinajstić information content (AvgIpc) is 2.64. The van der Waals surface area contributed by atoms with Crippen molar-refractivity contribution < 1.29 is 9.72 Å². The summed E-state index contributed by atoms with van der Waals surface area (Å²) >= 11 is 1.55. The highest BCUT2D eigenvalue weighted by atomic mass is 32.2. The molecule has 0 atom stereocenters. The number of non-ortho nitro benzene ring substituents is 1. The zero-order valence-electron chi connectivity index (χ0n) is 13.1. The predicted octanol–water partition coefficient (Wildman–Crippen LogP) is 5.00. The first-order chi connectivity index (χ1) is 12.1. The largest absolute Gasteiger partial charge is 0.321 e. The molecule has 0 aliphatic rings. The fraction of sp³-hybridized carbons (Fsp3) is 0. The first kappa shape index (κ1) is 16.7. The summed E-state index contributed by atoms with van der Waals surface area (Å²) in [6.07, 6.45) is 0. The predicted molar refractivity (Wildman–Crippen MR) is 98.1 cm³/mol. The van der Waals surface area contributed by atoms with Gasteiger partial charge >= 0.3 is 0 Å². The Hall–Kier alpha value is -3.12. The van der Waals surface area contributed by atoms with Gasteiger partial charge < -0.3 is 5.32 Å². The van der Waals surface area contributed by atoms with Crippen LogP contribution in [0.15, 0.2) is 88.7 Å². The van der Waals surface area contributed by atoms with Crippen molar-refractivity contribution in [2.45, 2.75) is 9.79 Å². The molecular formula is C19H14N2O3S. The number of nitro groups is 1. The number of carbonyl (C=O) groups excluding carboxylic acids is 1. The number of nitrogens with zero attached hydrogens (tertiary/aromatic N) is 1. The summed E-state index contributed by atoms with van der Waals surface area (Å²) in [4.78, 5) is 24.6. The molecule has 0 aromatic heterocycles. The van der Waals surface area contributed by atoms with Crippen LogP contribution in [0.4, 0.5) is 11.4 Å². The number of para-hydroxylation sites is 1. The van der Waals surface area contributed by atoms with Gasteiger partial charge in [0.15, 0.2) is 0 Å². The van der Waals surface area contributed by atoms with Crippen LogP contribution in [-0.4, -0.2) is 10.8 Å². The highest BCUT2D eigenvalue weighted by Crippen LogP contribution is 2.33. The Morgan fingerprint density at radius 2 is 1.52 bits per heavy atom. The fourth-order valence-corrected chi connectivity index (χ4v) is 3.13. The molecule has 3 aromatic rings. The van der Waals surface area contributed by atoms with Crippen molar-refractivity contribution in [1.29, 1.82) is 0 Å². The summed E-state index contributed by atoms with van der Waals surface area (Å²) < 4.78 is 0. The highest BCUT2D eigenvalue weighted by molar-refractivity contribution is 7.99. The Bertz CT molecular complexity index is 896. The van der Waals surface area contributed by atoms with Gasteiger partial charge in [-0.25, -0.2) is 0 Å². The van der Waals surface area contributed by atoms with E-state index in [1.54, 1.807) is 11.8 Å². The van der Waals surface area contributed by atoms with Crippen molar-refractivity contribution in [3.05, 3.63) is 94.5 Å². The summed E-state index contributed by atoms with van der Waals surface area (Å²) in [6.45, 7) is 0. The number of benzene rings is 3. The van der Waals surface area contributed by atoms with Crippen LogP contribution in [-0.2, 0) is 0 Å². The number of nitrogens with one attached hydrogen (secondary N) is 1. The molecule has 0 unspecified atom stereocenters. The Morgan fingerprint density at radius 3 is 2.20 bits per heavy atom. The maximum absolute atomic E-state index is 12.4. The summed E-state index contributed by atoms with van der Waals surface area (Å²) in [6, 6.07) is 22.9. The monoisotopic (exact) mass is 350 g/mol. The average molecular weight is 350 g/mol. The molecular weight excluding hydrogens is 336 g/mol. The minimum Gasteiger partial charge on any atom is -0.321 e. The van der Waals surface area contributed by atoms with E-state index in [1.165, 1.54) is 24.3 Å². The lowest BCUT2D eigenvalue weighted by atomic mass is 10.2. The molecule has 0 spiro atoms. The third-order valence-electron chi connectivity index (χ3n) is 3.45. The van der Waals surface area contributed by atoms with Gasteiger partial charge in [0.2, 0.25) is 0 Å². The van der Waals surface area contributed by atoms with Gasteiger partial charge in [0.25, 0.3) is 11.6 Å². The van der Waals surface area contributed by atoms with Crippen LogP contribution in [0.3, 0.4) is 0 Å². The number of hydrogen-bond acceptors (Lipinski definition) is 4. The number of nitro benzene ring substituents is 1. The number of hydrogen-bond donors (Lipinski definition) is 1. The lowest BCUT2D eigenvalue weighted by molar-refractivity contribution is -0.384. The smallest absolute Gasteiger partial charge is 0.269 e. The van der Waals surface area contributed by atoms with E-state index in [0.717, 1.165) is 9.79 Å². The number of anilines is 1. The lowest BCUT2D eigenvalue weighted by Gasteiger charge is -2.10. The van der Waals surface area contributed by atoms with Gasteiger partial charge in [-0.15, -0.1) is 0 Å². The Kier molecular flexibility index (Phi) is 5.11. The first-order valence-corrected chi connectivity index (χ1v) is 8.33. The van der Waals surface area contributed by atoms with Gasteiger partial charge in [0.05, 0.1) is 10.6 Å². The molecule has 124 valence electrons. The second-order valence-corrected chi connectivity index (χ2v) is 6.28. The molecule has 0 aliphatic carbocycles. The van der Waals surface area contributed by atoms with E-state index in [-0.39, 0.29) is 11.6 Å². The molecule has 0 bridgehead atoms. The molecule has 3 aromatic carbocycles. The van der Waals surface area contributed by atoms with Gasteiger partial charge in [-0.1, -0.05) is 42.1 Å². The SMILES string of the molecule is O=C(Nc1ccccc1Sc1ccccc1)c1ccc([N+](=O)[O-])cc1. The van der Waals surface area contributed by atoms with Crippen LogP contribution in [0.5, 0.6) is 0 Å². The molecule has 5 nitrogen and oxygen atoms in total. The Morgan fingerprint density at radius 1 is 0.880 bits per heavy atom. The van der Waals surface area contributed by atoms with Gasteiger partial charge in [-0.3, -0.25) is 14.9 Å². The number of carbonyl (C=O) groups is 1. The summed E-state index contributed by atoms with van der Waals surface area (Å²) in [7, 11) is 0. The maximum Gasteiger partial charge on any atom is 0.269 e. The minimum atomic E-state index is -0.493. The topological polar surface area (TPSA) is 72.2 Å². The Balaban J connectivity index is 1.78. The maximum atomic E-state index is 12.4. The highest BCUT2D eigenvalue weighted by Gasteiger charge is 2.12. The van der Waals surface area contributed by atoms with Crippen LogP contribution in [0.25, 0.3) is 0 Å². The normalized spacial score (nSPS) is 10.2. The molecule has 6 heteroatoms. The van der Waals surface area contributed by atoms with Gasteiger partial charge in [-0.2, -0.15) is 0 Å². The Labute approximate surface area is 148 Å². The van der Waals surface area contributed by atoms with Crippen molar-refractivity contribution in [2.75, 3.05) is 5.32 Å². The summed E-state index contributed by atoms with van der Waals surface area (Å²) in [5, 5.41) is 13.6. The molecule has 0 saturated carbocycles. The molecule has 0 aliphatic heterocycles. The van der Waals surface area contributed by atoms with Crippen LogP contribution >= 0.6 is 11.8 Å². The third-order valence-corrected chi connectivity index (χ3v) is 4.53. The molecule has 0 fully saturated rings. The zero-order chi connectivity index (χ0) is 17.6. The van der Waals surface area contributed by atoms with E-state index in [0.29, 0.717) is 11.3 Å². The quantitative estimate of drug-likeness (QED) is 0.519. The number of rotatable bonds is 5. The summed E-state index contributed by atoms with van der Waals surface area (Å²) in [5.41, 5.74) is 1.02. The minimum absolute atomic E-state index is 0.0448. The first-order valence-electron chi connectivity index (χ1n) is 7.51. The standard InChI is InChI=1S/C19H14N2O3S/c22-19(14-10-12-15(13-11-14)21(23)24)20-17-8-4-5-9-18(17)25-16-6-2-1-3-7-16/h1-13H,(H,20,22). The molecule has 25 heavy (non-hydrogen) atoms. The number of amides is 1. The summed E-state index contributed by atoms with van der Waals surface area (Å²) in [5.74, 6) is -0.309. The van der Waals surface area contributed by atoms with Crippen molar-refractivity contribution in [1.82, 2.24) is 0 Å². The molecule has 1 amide bonds. The zero-order valence-corrected chi connectivity index (χ0v) is 13.9.